The van der Waals surface area contributed by atoms with Crippen molar-refractivity contribution < 1.29 is 14.3 Å². The number of rotatable bonds is 7. The van der Waals surface area contributed by atoms with Crippen LogP contribution in [0.4, 0.5) is 0 Å². The predicted molar refractivity (Wildman–Crippen MR) is 112 cm³/mol. The second kappa shape index (κ2) is 10.5. The molecule has 1 saturated heterocycles. The van der Waals surface area contributed by atoms with E-state index in [-0.39, 0.29) is 18.2 Å². The molecule has 1 saturated carbocycles. The van der Waals surface area contributed by atoms with Gasteiger partial charge in [0, 0.05) is 37.8 Å². The number of hydrogen-bond donors (Lipinski definition) is 1. The zero-order valence-electron chi connectivity index (χ0n) is 17.8. The van der Waals surface area contributed by atoms with Crippen molar-refractivity contribution in [2.24, 2.45) is 11.8 Å². The van der Waals surface area contributed by atoms with E-state index in [9.17, 15) is 14.9 Å². The van der Waals surface area contributed by atoms with Gasteiger partial charge in [0.25, 0.3) is 0 Å². The quantitative estimate of drug-likeness (QED) is 0.743. The number of morpholine rings is 1. The predicted octanol–water partition coefficient (Wildman–Crippen LogP) is 2.77. The molecule has 2 atom stereocenters. The van der Waals surface area contributed by atoms with E-state index in [0.717, 1.165) is 12.8 Å². The van der Waals surface area contributed by atoms with E-state index in [4.69, 9.17) is 4.74 Å². The number of hydrogen-bond acceptors (Lipinski definition) is 5. The summed E-state index contributed by atoms with van der Waals surface area (Å²) in [5.41, 5.74) is -0.475. The molecule has 2 fully saturated rings. The smallest absolute Gasteiger partial charge is 0.225 e. The molecule has 30 heavy (non-hydrogen) atoms. The molecule has 1 aliphatic carbocycles. The molecule has 1 aromatic rings. The molecule has 1 aliphatic heterocycles. The Hall–Kier alpha value is -2.46. The zero-order valence-corrected chi connectivity index (χ0v) is 17.8. The summed E-state index contributed by atoms with van der Waals surface area (Å²) in [5.74, 6) is -0.195. The number of amides is 2. The largest absolute Gasteiger partial charge is 0.378 e. The number of nitrogens with one attached hydrogen (secondary N) is 1. The maximum atomic E-state index is 13.3. The first kappa shape index (κ1) is 22.2. The molecular weight excluding hydrogens is 380 g/mol. The Labute approximate surface area is 178 Å². The molecule has 0 spiro atoms. The van der Waals surface area contributed by atoms with E-state index >= 15 is 0 Å². The van der Waals surface area contributed by atoms with Gasteiger partial charge in [-0.05, 0) is 37.0 Å². The van der Waals surface area contributed by atoms with Crippen molar-refractivity contribution in [2.45, 2.75) is 57.4 Å². The topological polar surface area (TPSA) is 95.3 Å². The van der Waals surface area contributed by atoms with Crippen molar-refractivity contribution in [2.75, 3.05) is 26.3 Å². The third kappa shape index (κ3) is 5.79. The summed E-state index contributed by atoms with van der Waals surface area (Å²) in [7, 11) is 0. The first-order valence-electron chi connectivity index (χ1n) is 11.0. The maximum Gasteiger partial charge on any atom is 0.225 e. The fraction of sp³-hybridized carbons (Fsp3) is 0.652. The van der Waals surface area contributed by atoms with Crippen LogP contribution in [0.25, 0.3) is 0 Å². The zero-order chi connectivity index (χ0) is 21.4. The third-order valence-electron chi connectivity index (χ3n) is 6.35. The molecule has 162 valence electrons. The molecule has 1 N–H and O–H groups in total. The standard InChI is InChI=1S/C23H32N4O3/c1-23(17-24,20-7-9-25-10-8-20)26-22(29)19(15-18-5-3-2-4-6-18)16-21(28)27-11-13-30-14-12-27/h7-10,18-19H,2-6,11-16H2,1H3,(H,26,29)/t19-,23-/m1/s1. The van der Waals surface area contributed by atoms with Gasteiger partial charge in [0.05, 0.1) is 19.3 Å². The molecule has 0 aromatic carbocycles. The minimum atomic E-state index is -1.16. The lowest BCUT2D eigenvalue weighted by atomic mass is 9.81. The Morgan fingerprint density at radius 1 is 1.27 bits per heavy atom. The average Bonchev–Trinajstić information content (AvgIpc) is 2.80. The van der Waals surface area contributed by atoms with Gasteiger partial charge in [-0.25, -0.2) is 0 Å². The molecule has 0 bridgehead atoms. The minimum absolute atomic E-state index is 0.00293. The summed E-state index contributed by atoms with van der Waals surface area (Å²) in [6.07, 6.45) is 9.92. The van der Waals surface area contributed by atoms with Crippen LogP contribution in [0.5, 0.6) is 0 Å². The van der Waals surface area contributed by atoms with Crippen LogP contribution >= 0.6 is 0 Å². The monoisotopic (exact) mass is 412 g/mol. The van der Waals surface area contributed by atoms with Crippen molar-refractivity contribution >= 4 is 11.8 Å². The molecule has 3 rings (SSSR count). The van der Waals surface area contributed by atoms with Crippen LogP contribution in [0.1, 0.15) is 57.4 Å². The maximum absolute atomic E-state index is 13.3. The van der Waals surface area contributed by atoms with E-state index in [1.54, 1.807) is 36.4 Å². The highest BCUT2D eigenvalue weighted by Crippen LogP contribution is 2.31. The first-order valence-corrected chi connectivity index (χ1v) is 11.0. The highest BCUT2D eigenvalue weighted by Gasteiger charge is 2.34. The van der Waals surface area contributed by atoms with Crippen LogP contribution < -0.4 is 5.32 Å². The summed E-state index contributed by atoms with van der Waals surface area (Å²) in [6, 6.07) is 5.70. The van der Waals surface area contributed by atoms with Gasteiger partial charge in [-0.2, -0.15) is 5.26 Å². The lowest BCUT2D eigenvalue weighted by molar-refractivity contribution is -0.140. The number of carbonyl (C=O) groups excluding carboxylic acids is 2. The molecule has 2 aliphatic rings. The minimum Gasteiger partial charge on any atom is -0.378 e. The van der Waals surface area contributed by atoms with Crippen LogP contribution in [0.3, 0.4) is 0 Å². The summed E-state index contributed by atoms with van der Waals surface area (Å²) >= 11 is 0. The van der Waals surface area contributed by atoms with Gasteiger partial charge in [-0.3, -0.25) is 14.6 Å². The summed E-state index contributed by atoms with van der Waals surface area (Å²) in [5, 5.41) is 12.7. The van der Waals surface area contributed by atoms with Gasteiger partial charge < -0.3 is 15.0 Å². The van der Waals surface area contributed by atoms with E-state index in [1.807, 2.05) is 0 Å². The third-order valence-corrected chi connectivity index (χ3v) is 6.35. The Kier molecular flexibility index (Phi) is 7.81. The number of nitriles is 1. The fourth-order valence-electron chi connectivity index (χ4n) is 4.46. The number of aromatic nitrogens is 1. The van der Waals surface area contributed by atoms with Crippen LogP contribution in [0, 0.1) is 23.2 Å². The summed E-state index contributed by atoms with van der Waals surface area (Å²) < 4.78 is 5.34. The van der Waals surface area contributed by atoms with Gasteiger partial charge in [-0.1, -0.05) is 32.1 Å². The van der Waals surface area contributed by atoms with Gasteiger partial charge >= 0.3 is 0 Å². The van der Waals surface area contributed by atoms with E-state index in [1.165, 1.54) is 19.3 Å². The van der Waals surface area contributed by atoms with Crippen molar-refractivity contribution in [3.05, 3.63) is 30.1 Å². The molecule has 0 radical (unpaired) electrons. The van der Waals surface area contributed by atoms with Gasteiger partial charge in [-0.15, -0.1) is 0 Å². The van der Waals surface area contributed by atoms with E-state index in [0.29, 0.717) is 44.2 Å². The number of ether oxygens (including phenoxy) is 1. The number of carbonyl (C=O) groups is 2. The Bertz CT molecular complexity index is 751. The second-order valence-corrected chi connectivity index (χ2v) is 8.60. The normalized spacial score (nSPS) is 20.6. The SMILES string of the molecule is C[C@](C#N)(NC(=O)[C@@H](CC(=O)N1CCOCC1)CC1CCCCC1)c1ccncc1. The Morgan fingerprint density at radius 2 is 1.93 bits per heavy atom. The van der Waals surface area contributed by atoms with Gasteiger partial charge in [0.15, 0.2) is 0 Å². The molecular formula is C23H32N4O3. The summed E-state index contributed by atoms with van der Waals surface area (Å²) in [6.45, 7) is 3.92. The Balaban J connectivity index is 1.72. The first-order chi connectivity index (χ1) is 14.5. The highest BCUT2D eigenvalue weighted by atomic mass is 16.5. The lowest BCUT2D eigenvalue weighted by Gasteiger charge is -2.32. The van der Waals surface area contributed by atoms with E-state index in [2.05, 4.69) is 16.4 Å². The second-order valence-electron chi connectivity index (χ2n) is 8.60. The molecule has 7 nitrogen and oxygen atoms in total. The molecule has 2 amide bonds. The lowest BCUT2D eigenvalue weighted by Crippen LogP contribution is -2.47. The Morgan fingerprint density at radius 3 is 2.57 bits per heavy atom. The van der Waals surface area contributed by atoms with Crippen molar-refractivity contribution in [3.63, 3.8) is 0 Å². The number of nitrogens with zero attached hydrogens (tertiary/aromatic N) is 3. The van der Waals surface area contributed by atoms with Crippen LogP contribution in [0.15, 0.2) is 24.5 Å². The molecule has 7 heteroatoms. The highest BCUT2D eigenvalue weighted by molar-refractivity contribution is 5.86. The van der Waals surface area contributed by atoms with E-state index < -0.39 is 11.5 Å². The molecule has 2 heterocycles. The molecule has 1 aromatic heterocycles. The van der Waals surface area contributed by atoms with Crippen molar-refractivity contribution in [3.8, 4) is 6.07 Å². The fourth-order valence-corrected chi connectivity index (χ4v) is 4.46. The van der Waals surface area contributed by atoms with Crippen molar-refractivity contribution in [1.29, 1.82) is 5.26 Å². The van der Waals surface area contributed by atoms with Crippen LogP contribution in [0.2, 0.25) is 0 Å². The number of pyridine rings is 1. The molecule has 0 unspecified atom stereocenters. The van der Waals surface area contributed by atoms with Crippen molar-refractivity contribution in [1.82, 2.24) is 15.2 Å². The van der Waals surface area contributed by atoms with Gasteiger partial charge in [0.1, 0.15) is 5.54 Å². The summed E-state index contributed by atoms with van der Waals surface area (Å²) in [4.78, 5) is 32.0. The van der Waals surface area contributed by atoms with Crippen LogP contribution in [-0.2, 0) is 19.9 Å². The average molecular weight is 413 g/mol. The van der Waals surface area contributed by atoms with Gasteiger partial charge in [0.2, 0.25) is 11.8 Å². The van der Waals surface area contributed by atoms with Crippen LogP contribution in [-0.4, -0.2) is 48.0 Å².